The summed E-state index contributed by atoms with van der Waals surface area (Å²) >= 11 is 7.30. The third-order valence-corrected chi connectivity index (χ3v) is 3.46. The summed E-state index contributed by atoms with van der Waals surface area (Å²) in [6, 6.07) is 7.80. The van der Waals surface area contributed by atoms with Crippen LogP contribution in [0.4, 0.5) is 5.95 Å². The van der Waals surface area contributed by atoms with Gasteiger partial charge in [0.25, 0.3) is 0 Å². The van der Waals surface area contributed by atoms with Gasteiger partial charge in [0.05, 0.1) is 7.11 Å². The number of hydrogen-bond donors (Lipinski definition) is 1. The van der Waals surface area contributed by atoms with E-state index >= 15 is 0 Å². The van der Waals surface area contributed by atoms with Crippen molar-refractivity contribution in [3.8, 4) is 6.01 Å². The molecule has 20 heavy (non-hydrogen) atoms. The van der Waals surface area contributed by atoms with Crippen molar-refractivity contribution >= 4 is 29.3 Å². The number of halogens is 1. The Morgan fingerprint density at radius 3 is 2.60 bits per heavy atom. The van der Waals surface area contributed by atoms with E-state index in [-0.39, 0.29) is 0 Å². The van der Waals surface area contributed by atoms with Gasteiger partial charge in [0, 0.05) is 16.5 Å². The number of benzene rings is 1. The van der Waals surface area contributed by atoms with Gasteiger partial charge in [-0.1, -0.05) is 18.5 Å². The van der Waals surface area contributed by atoms with Gasteiger partial charge >= 0.3 is 6.01 Å². The first-order valence-corrected chi connectivity index (χ1v) is 7.38. The summed E-state index contributed by atoms with van der Waals surface area (Å²) in [4.78, 5) is 13.7. The fraction of sp³-hybridized carbons (Fsp3) is 0.308. The third-order valence-electron chi connectivity index (χ3n) is 2.33. The molecule has 7 heteroatoms. The Kier molecular flexibility index (Phi) is 5.43. The molecular formula is C13H15ClN4OS. The predicted octanol–water partition coefficient (Wildman–Crippen LogP) is 3.51. The van der Waals surface area contributed by atoms with E-state index in [1.54, 1.807) is 0 Å². The molecule has 0 aliphatic carbocycles. The number of ether oxygens (including phenoxy) is 1. The molecule has 5 nitrogen and oxygen atoms in total. The lowest BCUT2D eigenvalue weighted by molar-refractivity contribution is 0.373. The molecule has 2 rings (SSSR count). The van der Waals surface area contributed by atoms with Crippen molar-refractivity contribution in [3.05, 3.63) is 29.3 Å². The van der Waals surface area contributed by atoms with E-state index in [1.807, 2.05) is 24.3 Å². The summed E-state index contributed by atoms with van der Waals surface area (Å²) < 4.78 is 5.10. The number of methoxy groups -OCH3 is 1. The van der Waals surface area contributed by atoms with Crippen LogP contribution in [0.25, 0.3) is 0 Å². The molecule has 0 amide bonds. The molecule has 0 saturated heterocycles. The van der Waals surface area contributed by atoms with Crippen molar-refractivity contribution in [1.29, 1.82) is 0 Å². The van der Waals surface area contributed by atoms with E-state index in [0.717, 1.165) is 17.9 Å². The van der Waals surface area contributed by atoms with Gasteiger partial charge in [-0.15, -0.1) is 0 Å². The number of hydrogen-bond acceptors (Lipinski definition) is 6. The molecule has 0 unspecified atom stereocenters. The Hall–Kier alpha value is -1.53. The van der Waals surface area contributed by atoms with Crippen LogP contribution in [-0.4, -0.2) is 28.6 Å². The van der Waals surface area contributed by atoms with Crippen LogP contribution in [0.5, 0.6) is 6.01 Å². The van der Waals surface area contributed by atoms with Crippen molar-refractivity contribution in [2.45, 2.75) is 23.4 Å². The Bertz CT molecular complexity index is 565. The highest BCUT2D eigenvalue weighted by Crippen LogP contribution is 2.27. The Morgan fingerprint density at radius 1 is 1.20 bits per heavy atom. The number of nitrogens with zero attached hydrogens (tertiary/aromatic N) is 3. The van der Waals surface area contributed by atoms with E-state index in [1.165, 1.54) is 18.9 Å². The summed E-state index contributed by atoms with van der Waals surface area (Å²) in [5.41, 5.74) is 0. The van der Waals surface area contributed by atoms with Crippen LogP contribution in [0, 0.1) is 0 Å². The van der Waals surface area contributed by atoms with Crippen molar-refractivity contribution < 1.29 is 4.74 Å². The first-order valence-electron chi connectivity index (χ1n) is 6.18. The van der Waals surface area contributed by atoms with Crippen LogP contribution in [-0.2, 0) is 0 Å². The molecular weight excluding hydrogens is 296 g/mol. The maximum atomic E-state index is 5.86. The van der Waals surface area contributed by atoms with Crippen LogP contribution in [0.1, 0.15) is 13.3 Å². The van der Waals surface area contributed by atoms with E-state index < -0.39 is 0 Å². The highest BCUT2D eigenvalue weighted by molar-refractivity contribution is 7.99. The second kappa shape index (κ2) is 7.31. The molecule has 106 valence electrons. The van der Waals surface area contributed by atoms with Gasteiger partial charge in [-0.25, -0.2) is 0 Å². The van der Waals surface area contributed by atoms with Crippen LogP contribution >= 0.6 is 23.4 Å². The van der Waals surface area contributed by atoms with Crippen LogP contribution in [0.3, 0.4) is 0 Å². The topological polar surface area (TPSA) is 59.9 Å². The zero-order valence-corrected chi connectivity index (χ0v) is 12.8. The lowest BCUT2D eigenvalue weighted by atomic mass is 10.4. The number of anilines is 1. The van der Waals surface area contributed by atoms with E-state index in [4.69, 9.17) is 16.3 Å². The molecule has 0 saturated carbocycles. The van der Waals surface area contributed by atoms with Gasteiger partial charge in [0.2, 0.25) is 11.1 Å². The van der Waals surface area contributed by atoms with E-state index in [2.05, 4.69) is 27.2 Å². The van der Waals surface area contributed by atoms with Crippen molar-refractivity contribution in [2.24, 2.45) is 0 Å². The van der Waals surface area contributed by atoms with Crippen molar-refractivity contribution in [3.63, 3.8) is 0 Å². The maximum absolute atomic E-state index is 5.86. The van der Waals surface area contributed by atoms with Crippen molar-refractivity contribution in [1.82, 2.24) is 15.0 Å². The SMILES string of the molecule is CCCNc1nc(OC)nc(Sc2ccc(Cl)cc2)n1. The largest absolute Gasteiger partial charge is 0.467 e. The first-order chi connectivity index (χ1) is 9.71. The number of rotatable bonds is 6. The van der Waals surface area contributed by atoms with Gasteiger partial charge < -0.3 is 10.1 Å². The minimum Gasteiger partial charge on any atom is -0.467 e. The summed E-state index contributed by atoms with van der Waals surface area (Å²) in [6.07, 6.45) is 0.994. The second-order valence-corrected chi connectivity index (χ2v) is 5.39. The van der Waals surface area contributed by atoms with Crippen molar-refractivity contribution in [2.75, 3.05) is 19.0 Å². The molecule has 1 aromatic carbocycles. The first kappa shape index (κ1) is 14.9. The number of aromatic nitrogens is 3. The zero-order valence-electron chi connectivity index (χ0n) is 11.3. The fourth-order valence-corrected chi connectivity index (χ4v) is 2.26. The van der Waals surface area contributed by atoms with Gasteiger partial charge in [-0.2, -0.15) is 15.0 Å². The molecule has 1 N–H and O–H groups in total. The van der Waals surface area contributed by atoms with E-state index in [9.17, 15) is 0 Å². The lowest BCUT2D eigenvalue weighted by Gasteiger charge is -2.07. The molecule has 0 radical (unpaired) electrons. The highest BCUT2D eigenvalue weighted by atomic mass is 35.5. The van der Waals surface area contributed by atoms with Crippen LogP contribution in [0.2, 0.25) is 5.02 Å². The van der Waals surface area contributed by atoms with Gasteiger partial charge in [-0.3, -0.25) is 0 Å². The minimum atomic E-state index is 0.301. The van der Waals surface area contributed by atoms with Gasteiger partial charge in [-0.05, 0) is 42.4 Å². The van der Waals surface area contributed by atoms with Crippen LogP contribution < -0.4 is 10.1 Å². The zero-order chi connectivity index (χ0) is 14.4. The average Bonchev–Trinajstić information content (AvgIpc) is 2.47. The predicted molar refractivity (Wildman–Crippen MR) is 80.7 cm³/mol. The quantitative estimate of drug-likeness (QED) is 0.881. The summed E-state index contributed by atoms with van der Waals surface area (Å²) in [5.74, 6) is 0.523. The molecule has 0 aliphatic heterocycles. The fourth-order valence-electron chi connectivity index (χ4n) is 1.40. The maximum Gasteiger partial charge on any atom is 0.321 e. The molecule has 0 fully saturated rings. The molecule has 0 atom stereocenters. The number of nitrogens with one attached hydrogen (secondary N) is 1. The third kappa shape index (κ3) is 4.25. The van der Waals surface area contributed by atoms with Gasteiger partial charge in [0.15, 0.2) is 0 Å². The normalized spacial score (nSPS) is 10.3. The average molecular weight is 311 g/mol. The van der Waals surface area contributed by atoms with E-state index in [0.29, 0.717) is 22.1 Å². The standard InChI is InChI=1S/C13H15ClN4OS/c1-3-8-15-11-16-12(19-2)18-13(17-11)20-10-6-4-9(14)5-7-10/h4-7H,3,8H2,1-2H3,(H,15,16,17,18). The Morgan fingerprint density at radius 2 is 1.95 bits per heavy atom. The molecule has 0 bridgehead atoms. The molecule has 1 aromatic heterocycles. The summed E-state index contributed by atoms with van der Waals surface area (Å²) in [5, 5.41) is 4.41. The molecule has 2 aromatic rings. The summed E-state index contributed by atoms with van der Waals surface area (Å²) in [6.45, 7) is 2.88. The second-order valence-electron chi connectivity index (χ2n) is 3.91. The van der Waals surface area contributed by atoms with Crippen LogP contribution in [0.15, 0.2) is 34.3 Å². The highest BCUT2D eigenvalue weighted by Gasteiger charge is 2.08. The molecule has 0 spiro atoms. The smallest absolute Gasteiger partial charge is 0.321 e. The molecule has 0 aliphatic rings. The summed E-state index contributed by atoms with van der Waals surface area (Å²) in [7, 11) is 1.54. The molecule has 1 heterocycles. The minimum absolute atomic E-state index is 0.301. The van der Waals surface area contributed by atoms with Gasteiger partial charge in [0.1, 0.15) is 0 Å². The lowest BCUT2D eigenvalue weighted by Crippen LogP contribution is -2.07. The Labute approximate surface area is 127 Å². The monoisotopic (exact) mass is 310 g/mol. The Balaban J connectivity index is 2.19.